The summed E-state index contributed by atoms with van der Waals surface area (Å²) in [6.07, 6.45) is 3.85. The predicted molar refractivity (Wildman–Crippen MR) is 71.1 cm³/mol. The number of nitrogens with zero attached hydrogens (tertiary/aromatic N) is 2. The maximum Gasteiger partial charge on any atom is 0.122 e. The van der Waals surface area contributed by atoms with Crippen LogP contribution in [0, 0.1) is 23.2 Å². The zero-order valence-electron chi connectivity index (χ0n) is 11.8. The van der Waals surface area contributed by atoms with Gasteiger partial charge in [-0.3, -0.25) is 4.90 Å². The molecular formula is C14H25N3O. The van der Waals surface area contributed by atoms with Gasteiger partial charge in [-0.1, -0.05) is 6.92 Å². The molecule has 1 heterocycles. The van der Waals surface area contributed by atoms with Crippen LogP contribution in [0.2, 0.25) is 0 Å². The first-order valence-corrected chi connectivity index (χ1v) is 7.00. The molecular weight excluding hydrogens is 226 g/mol. The Morgan fingerprint density at radius 1 is 1.44 bits per heavy atom. The number of hydrogen-bond acceptors (Lipinski definition) is 4. The van der Waals surface area contributed by atoms with Crippen LogP contribution >= 0.6 is 0 Å². The highest BCUT2D eigenvalue weighted by Gasteiger charge is 2.46. The molecule has 0 bridgehead atoms. The lowest BCUT2D eigenvalue weighted by Gasteiger charge is -2.40. The highest BCUT2D eigenvalue weighted by molar-refractivity contribution is 5.16. The minimum Gasteiger partial charge on any atom is -0.380 e. The van der Waals surface area contributed by atoms with Gasteiger partial charge in [-0.15, -0.1) is 0 Å². The Bertz CT molecular complexity index is 323. The zero-order valence-corrected chi connectivity index (χ0v) is 11.8. The van der Waals surface area contributed by atoms with E-state index >= 15 is 0 Å². The van der Waals surface area contributed by atoms with Crippen molar-refractivity contribution < 1.29 is 4.74 Å². The molecule has 0 amide bonds. The second kappa shape index (κ2) is 5.56. The molecule has 0 aromatic heterocycles. The highest BCUT2D eigenvalue weighted by Crippen LogP contribution is 2.40. The van der Waals surface area contributed by atoms with Crippen LogP contribution in [0.1, 0.15) is 26.2 Å². The maximum atomic E-state index is 9.52. The molecule has 2 aliphatic rings. The van der Waals surface area contributed by atoms with Gasteiger partial charge in [0.2, 0.25) is 0 Å². The number of hydrogen-bond donors (Lipinski definition) is 1. The fourth-order valence-corrected chi connectivity index (χ4v) is 3.07. The minimum absolute atomic E-state index is 0.311. The summed E-state index contributed by atoms with van der Waals surface area (Å²) in [6, 6.07) is 2.52. The van der Waals surface area contributed by atoms with Gasteiger partial charge < -0.3 is 10.1 Å². The van der Waals surface area contributed by atoms with Crippen molar-refractivity contribution in [1.82, 2.24) is 10.2 Å². The van der Waals surface area contributed by atoms with Crippen molar-refractivity contribution >= 4 is 0 Å². The Balaban J connectivity index is 1.98. The Morgan fingerprint density at radius 3 is 2.67 bits per heavy atom. The van der Waals surface area contributed by atoms with E-state index in [1.54, 1.807) is 7.11 Å². The van der Waals surface area contributed by atoms with Crippen LogP contribution in [0.4, 0.5) is 0 Å². The van der Waals surface area contributed by atoms with Crippen molar-refractivity contribution in [3.05, 3.63) is 0 Å². The molecule has 2 fully saturated rings. The van der Waals surface area contributed by atoms with E-state index in [1.165, 1.54) is 12.8 Å². The number of likely N-dealkylation sites (tertiary alicyclic amines) is 1. The van der Waals surface area contributed by atoms with Crippen molar-refractivity contribution in [2.75, 3.05) is 33.8 Å². The number of methoxy groups -OCH3 is 1. The molecule has 1 saturated heterocycles. The van der Waals surface area contributed by atoms with Crippen molar-refractivity contribution in [1.29, 1.82) is 5.26 Å². The molecule has 2 rings (SSSR count). The second-order valence-electron chi connectivity index (χ2n) is 5.88. The largest absolute Gasteiger partial charge is 0.380 e. The number of likely N-dealkylation sites (N-methyl/N-ethyl adjacent to an activating group) is 1. The molecule has 1 aliphatic heterocycles. The van der Waals surface area contributed by atoms with E-state index in [0.717, 1.165) is 26.1 Å². The standard InChI is InChI=1S/C14H25N3O/c1-11-6-7-17(8-13(11)18-3)10-14(9-15,16-2)12-4-5-12/h11-13,16H,4-8,10H2,1-3H3. The van der Waals surface area contributed by atoms with Crippen molar-refractivity contribution in [2.45, 2.75) is 37.8 Å². The molecule has 0 spiro atoms. The highest BCUT2D eigenvalue weighted by atomic mass is 16.5. The first-order chi connectivity index (χ1) is 8.65. The molecule has 1 N–H and O–H groups in total. The zero-order chi connectivity index (χ0) is 13.2. The third kappa shape index (κ3) is 2.69. The van der Waals surface area contributed by atoms with Gasteiger partial charge in [-0.05, 0) is 44.7 Å². The van der Waals surface area contributed by atoms with Gasteiger partial charge in [-0.25, -0.2) is 0 Å². The lowest BCUT2D eigenvalue weighted by molar-refractivity contribution is -0.0110. The average molecular weight is 251 g/mol. The van der Waals surface area contributed by atoms with Gasteiger partial charge in [0.1, 0.15) is 5.54 Å². The van der Waals surface area contributed by atoms with E-state index in [0.29, 0.717) is 17.9 Å². The van der Waals surface area contributed by atoms with Crippen LogP contribution in [0.3, 0.4) is 0 Å². The lowest BCUT2D eigenvalue weighted by atomic mass is 9.90. The van der Waals surface area contributed by atoms with Crippen LogP contribution < -0.4 is 5.32 Å². The van der Waals surface area contributed by atoms with Gasteiger partial charge in [0.15, 0.2) is 0 Å². The van der Waals surface area contributed by atoms with Crippen LogP contribution in [0.25, 0.3) is 0 Å². The van der Waals surface area contributed by atoms with E-state index in [1.807, 2.05) is 7.05 Å². The van der Waals surface area contributed by atoms with E-state index in [-0.39, 0.29) is 5.54 Å². The summed E-state index contributed by atoms with van der Waals surface area (Å²) in [5.74, 6) is 1.16. The van der Waals surface area contributed by atoms with Gasteiger partial charge in [0.25, 0.3) is 0 Å². The Kier molecular flexibility index (Phi) is 4.26. The van der Waals surface area contributed by atoms with Crippen molar-refractivity contribution in [3.63, 3.8) is 0 Å². The quantitative estimate of drug-likeness (QED) is 0.798. The number of ether oxygens (including phenoxy) is 1. The Hall–Kier alpha value is -0.630. The molecule has 1 saturated carbocycles. The summed E-state index contributed by atoms with van der Waals surface area (Å²) >= 11 is 0. The average Bonchev–Trinajstić information content (AvgIpc) is 3.23. The maximum absolute atomic E-state index is 9.52. The molecule has 4 nitrogen and oxygen atoms in total. The number of nitriles is 1. The summed E-state index contributed by atoms with van der Waals surface area (Å²) in [5.41, 5.74) is -0.348. The molecule has 102 valence electrons. The first-order valence-electron chi connectivity index (χ1n) is 7.00. The SMILES string of the molecule is CNC(C#N)(CN1CCC(C)C(OC)C1)C1CC1. The summed E-state index contributed by atoms with van der Waals surface area (Å²) in [6.45, 7) is 5.12. The molecule has 0 radical (unpaired) electrons. The van der Waals surface area contributed by atoms with Crippen LogP contribution in [0.5, 0.6) is 0 Å². The topological polar surface area (TPSA) is 48.3 Å². The fourth-order valence-electron chi connectivity index (χ4n) is 3.07. The van der Waals surface area contributed by atoms with E-state index < -0.39 is 0 Å². The molecule has 0 aromatic carbocycles. The monoisotopic (exact) mass is 251 g/mol. The normalized spacial score (nSPS) is 32.8. The molecule has 3 unspecified atom stereocenters. The molecule has 3 atom stereocenters. The minimum atomic E-state index is -0.348. The summed E-state index contributed by atoms with van der Waals surface area (Å²) in [5, 5.41) is 12.8. The summed E-state index contributed by atoms with van der Waals surface area (Å²) in [7, 11) is 3.71. The summed E-state index contributed by atoms with van der Waals surface area (Å²) in [4.78, 5) is 2.40. The predicted octanol–water partition coefficient (Wildman–Crippen LogP) is 1.23. The van der Waals surface area contributed by atoms with Gasteiger partial charge in [0, 0.05) is 20.2 Å². The van der Waals surface area contributed by atoms with Gasteiger partial charge in [0.05, 0.1) is 12.2 Å². The van der Waals surface area contributed by atoms with Gasteiger partial charge in [-0.2, -0.15) is 5.26 Å². The molecule has 4 heteroatoms. The molecule has 1 aliphatic carbocycles. The third-order valence-corrected chi connectivity index (χ3v) is 4.67. The lowest BCUT2D eigenvalue weighted by Crippen LogP contribution is -2.56. The van der Waals surface area contributed by atoms with Crippen LogP contribution in [-0.4, -0.2) is 50.3 Å². The first kappa shape index (κ1) is 13.8. The second-order valence-corrected chi connectivity index (χ2v) is 5.88. The third-order valence-electron chi connectivity index (χ3n) is 4.67. The fraction of sp³-hybridized carbons (Fsp3) is 0.929. The van der Waals surface area contributed by atoms with Crippen molar-refractivity contribution in [2.24, 2.45) is 11.8 Å². The number of nitrogens with one attached hydrogen (secondary N) is 1. The summed E-state index contributed by atoms with van der Waals surface area (Å²) < 4.78 is 5.55. The number of rotatable bonds is 5. The van der Waals surface area contributed by atoms with E-state index in [9.17, 15) is 5.26 Å². The Morgan fingerprint density at radius 2 is 2.17 bits per heavy atom. The smallest absolute Gasteiger partial charge is 0.122 e. The molecule has 18 heavy (non-hydrogen) atoms. The van der Waals surface area contributed by atoms with E-state index in [4.69, 9.17) is 4.74 Å². The van der Waals surface area contributed by atoms with Crippen molar-refractivity contribution in [3.8, 4) is 6.07 Å². The van der Waals surface area contributed by atoms with Gasteiger partial charge >= 0.3 is 0 Å². The van der Waals surface area contributed by atoms with Crippen LogP contribution in [-0.2, 0) is 4.74 Å². The van der Waals surface area contributed by atoms with E-state index in [2.05, 4.69) is 23.2 Å². The van der Waals surface area contributed by atoms with Crippen LogP contribution in [0.15, 0.2) is 0 Å². The number of piperidine rings is 1. The Labute approximate surface area is 110 Å². The molecule has 0 aromatic rings.